The van der Waals surface area contributed by atoms with Gasteiger partial charge in [-0.3, -0.25) is 15.4 Å². The Morgan fingerprint density at radius 2 is 2.04 bits per heavy atom. The zero-order valence-electron chi connectivity index (χ0n) is 13.5. The van der Waals surface area contributed by atoms with Crippen LogP contribution in [0.4, 0.5) is 17.1 Å². The Kier molecular flexibility index (Phi) is 3.84. The van der Waals surface area contributed by atoms with Crippen molar-refractivity contribution >= 4 is 38.6 Å². The maximum Gasteiger partial charge on any atom is 0.0736 e. The van der Waals surface area contributed by atoms with Crippen molar-refractivity contribution < 1.29 is 0 Å². The number of anilines is 3. The van der Waals surface area contributed by atoms with Crippen molar-refractivity contribution in [3.63, 3.8) is 0 Å². The number of nitrogens with one attached hydrogen (secondary N) is 2. The van der Waals surface area contributed by atoms with E-state index in [0.717, 1.165) is 36.3 Å². The number of hydrogen-bond acceptors (Lipinski definition) is 6. The smallest absolute Gasteiger partial charge is 0.0736 e. The summed E-state index contributed by atoms with van der Waals surface area (Å²) in [5.74, 6) is 0. The minimum Gasteiger partial charge on any atom is -0.384 e. The lowest BCUT2D eigenvalue weighted by Crippen LogP contribution is -2.31. The average molecular weight is 322 g/mol. The second kappa shape index (κ2) is 6.14. The number of benzene rings is 2. The molecule has 0 saturated heterocycles. The maximum atomic E-state index is 5.78. The molecule has 124 valence electrons. The highest BCUT2D eigenvalue weighted by Crippen LogP contribution is 2.45. The fourth-order valence-corrected chi connectivity index (χ4v) is 3.37. The van der Waals surface area contributed by atoms with Crippen LogP contribution < -0.4 is 27.2 Å². The summed E-state index contributed by atoms with van der Waals surface area (Å²) in [6.45, 7) is 2.91. The van der Waals surface area contributed by atoms with E-state index in [1.165, 1.54) is 21.8 Å². The van der Waals surface area contributed by atoms with Crippen LogP contribution in [0.3, 0.4) is 0 Å². The minimum atomic E-state index is 0.592. The Bertz CT molecular complexity index is 891. The van der Waals surface area contributed by atoms with Gasteiger partial charge in [0.05, 0.1) is 17.9 Å². The lowest BCUT2D eigenvalue weighted by Gasteiger charge is -2.19. The van der Waals surface area contributed by atoms with Crippen molar-refractivity contribution in [1.82, 2.24) is 4.98 Å². The standard InChI is InChI=1S/C18H22N6/c19-5-1-7-22-15-2-3-16-17-13(15)10-12-4-8-21-11-14(12)18(17)23-24(16)9-6-20/h2-4,8,10-11,22-23H,1,5-7,9,19-20H2. The number of aromatic nitrogens is 1. The van der Waals surface area contributed by atoms with Crippen LogP contribution in [0.5, 0.6) is 0 Å². The minimum absolute atomic E-state index is 0.592. The predicted molar refractivity (Wildman–Crippen MR) is 101 cm³/mol. The first-order valence-corrected chi connectivity index (χ1v) is 8.35. The molecule has 0 saturated carbocycles. The molecule has 0 amide bonds. The number of rotatable bonds is 6. The van der Waals surface area contributed by atoms with Crippen molar-refractivity contribution in [3.05, 3.63) is 36.7 Å². The van der Waals surface area contributed by atoms with Crippen LogP contribution in [0.15, 0.2) is 36.7 Å². The third-order valence-electron chi connectivity index (χ3n) is 4.48. The zero-order valence-corrected chi connectivity index (χ0v) is 13.5. The molecule has 1 aliphatic heterocycles. The van der Waals surface area contributed by atoms with Crippen LogP contribution >= 0.6 is 0 Å². The van der Waals surface area contributed by atoms with Crippen LogP contribution in [-0.4, -0.2) is 31.2 Å². The van der Waals surface area contributed by atoms with Crippen molar-refractivity contribution in [1.29, 1.82) is 0 Å². The molecule has 1 aliphatic rings. The molecule has 0 atom stereocenters. The van der Waals surface area contributed by atoms with E-state index in [1.54, 1.807) is 0 Å². The fraction of sp³-hybridized carbons (Fsp3) is 0.278. The van der Waals surface area contributed by atoms with E-state index in [4.69, 9.17) is 11.5 Å². The van der Waals surface area contributed by atoms with Crippen LogP contribution in [0.25, 0.3) is 21.5 Å². The summed E-state index contributed by atoms with van der Waals surface area (Å²) in [6.07, 6.45) is 4.70. The van der Waals surface area contributed by atoms with E-state index in [-0.39, 0.29) is 0 Å². The summed E-state index contributed by atoms with van der Waals surface area (Å²) in [5, 5.41) is 10.4. The molecule has 0 aliphatic carbocycles. The molecule has 2 aromatic carbocycles. The maximum absolute atomic E-state index is 5.78. The summed E-state index contributed by atoms with van der Waals surface area (Å²) in [5.41, 5.74) is 18.3. The van der Waals surface area contributed by atoms with Gasteiger partial charge in [0.25, 0.3) is 0 Å². The highest BCUT2D eigenvalue weighted by molar-refractivity contribution is 6.21. The molecule has 0 radical (unpaired) electrons. The summed E-state index contributed by atoms with van der Waals surface area (Å²) >= 11 is 0. The third-order valence-corrected chi connectivity index (χ3v) is 4.48. The third kappa shape index (κ3) is 2.31. The van der Waals surface area contributed by atoms with E-state index < -0.39 is 0 Å². The Morgan fingerprint density at radius 3 is 2.88 bits per heavy atom. The van der Waals surface area contributed by atoms with Crippen molar-refractivity contribution in [2.45, 2.75) is 6.42 Å². The first kappa shape index (κ1) is 15.0. The van der Waals surface area contributed by atoms with Gasteiger partial charge < -0.3 is 16.8 Å². The summed E-state index contributed by atoms with van der Waals surface area (Å²) in [4.78, 5) is 4.29. The van der Waals surface area contributed by atoms with E-state index in [1.807, 2.05) is 12.4 Å². The summed E-state index contributed by atoms with van der Waals surface area (Å²) in [6, 6.07) is 8.57. The first-order chi connectivity index (χ1) is 11.8. The van der Waals surface area contributed by atoms with Gasteiger partial charge in [-0.1, -0.05) is 0 Å². The molecule has 6 nitrogen and oxygen atoms in total. The highest BCUT2D eigenvalue weighted by Gasteiger charge is 2.24. The second-order valence-corrected chi connectivity index (χ2v) is 6.02. The Morgan fingerprint density at radius 1 is 1.12 bits per heavy atom. The van der Waals surface area contributed by atoms with E-state index >= 15 is 0 Å². The molecule has 0 unspecified atom stereocenters. The molecular formula is C18H22N6. The molecule has 3 aromatic rings. The quantitative estimate of drug-likeness (QED) is 0.411. The topological polar surface area (TPSA) is 92.2 Å². The summed E-state index contributed by atoms with van der Waals surface area (Å²) < 4.78 is 0. The molecule has 0 bridgehead atoms. The number of nitrogens with two attached hydrogens (primary N) is 2. The summed E-state index contributed by atoms with van der Waals surface area (Å²) in [7, 11) is 0. The lowest BCUT2D eigenvalue weighted by atomic mass is 10.0. The number of hydrazine groups is 1. The molecule has 24 heavy (non-hydrogen) atoms. The Hall–Kier alpha value is -2.57. The molecule has 2 heterocycles. The Balaban J connectivity index is 1.92. The van der Waals surface area contributed by atoms with Crippen molar-refractivity contribution in [2.75, 3.05) is 41.9 Å². The monoisotopic (exact) mass is 322 g/mol. The van der Waals surface area contributed by atoms with Crippen LogP contribution in [0, 0.1) is 0 Å². The van der Waals surface area contributed by atoms with Gasteiger partial charge in [0.1, 0.15) is 0 Å². The van der Waals surface area contributed by atoms with Gasteiger partial charge in [-0.25, -0.2) is 0 Å². The molecule has 6 heteroatoms. The van der Waals surface area contributed by atoms with Gasteiger partial charge in [-0.05, 0) is 42.6 Å². The fourth-order valence-electron chi connectivity index (χ4n) is 3.37. The number of pyridine rings is 1. The second-order valence-electron chi connectivity index (χ2n) is 6.02. The predicted octanol–water partition coefficient (Wildman–Crippen LogP) is 2.25. The molecular weight excluding hydrogens is 300 g/mol. The van der Waals surface area contributed by atoms with Gasteiger partial charge in [0, 0.05) is 47.3 Å². The van der Waals surface area contributed by atoms with Crippen LogP contribution in [-0.2, 0) is 0 Å². The van der Waals surface area contributed by atoms with Gasteiger partial charge in [-0.2, -0.15) is 0 Å². The number of hydrogen-bond donors (Lipinski definition) is 4. The molecule has 0 fully saturated rings. The SMILES string of the molecule is NCCCNc1ccc2c3c(c4cnccc4cc13)NN2CCN. The first-order valence-electron chi connectivity index (χ1n) is 8.35. The van der Waals surface area contributed by atoms with Crippen molar-refractivity contribution in [3.8, 4) is 0 Å². The number of fused-ring (bicyclic) bond motifs is 2. The van der Waals surface area contributed by atoms with E-state index in [0.29, 0.717) is 13.1 Å². The van der Waals surface area contributed by atoms with Crippen LogP contribution in [0.1, 0.15) is 6.42 Å². The lowest BCUT2D eigenvalue weighted by molar-refractivity contribution is 0.875. The van der Waals surface area contributed by atoms with E-state index in [2.05, 4.69) is 45.0 Å². The van der Waals surface area contributed by atoms with Crippen LogP contribution in [0.2, 0.25) is 0 Å². The molecule has 0 spiro atoms. The van der Waals surface area contributed by atoms with Gasteiger partial charge in [0.2, 0.25) is 0 Å². The molecule has 1 aromatic heterocycles. The molecule has 4 rings (SSSR count). The van der Waals surface area contributed by atoms with Crippen molar-refractivity contribution in [2.24, 2.45) is 11.5 Å². The van der Waals surface area contributed by atoms with E-state index in [9.17, 15) is 0 Å². The average Bonchev–Trinajstić information content (AvgIpc) is 2.97. The molecule has 6 N–H and O–H groups in total. The number of nitrogens with zero attached hydrogens (tertiary/aromatic N) is 2. The zero-order chi connectivity index (χ0) is 16.5. The van der Waals surface area contributed by atoms with Gasteiger partial charge in [0.15, 0.2) is 0 Å². The normalized spacial score (nSPS) is 12.8. The Labute approximate surface area is 140 Å². The van der Waals surface area contributed by atoms with Gasteiger partial charge >= 0.3 is 0 Å². The van der Waals surface area contributed by atoms with Gasteiger partial charge in [-0.15, -0.1) is 0 Å². The highest BCUT2D eigenvalue weighted by atomic mass is 15.5. The largest absolute Gasteiger partial charge is 0.384 e.